The van der Waals surface area contributed by atoms with Crippen LogP contribution < -0.4 is 10.2 Å². The van der Waals surface area contributed by atoms with Gasteiger partial charge in [-0.2, -0.15) is 0 Å². The van der Waals surface area contributed by atoms with Gasteiger partial charge in [0.2, 0.25) is 5.95 Å². The summed E-state index contributed by atoms with van der Waals surface area (Å²) in [6.45, 7) is 8.66. The molecule has 1 aromatic heterocycles. The van der Waals surface area contributed by atoms with Crippen molar-refractivity contribution in [2.24, 2.45) is 17.3 Å². The molecule has 0 aromatic carbocycles. The summed E-state index contributed by atoms with van der Waals surface area (Å²) in [5, 5.41) is 3.63. The third-order valence-corrected chi connectivity index (χ3v) is 8.28. The molecule has 148 valence electrons. The maximum absolute atomic E-state index is 4.53. The van der Waals surface area contributed by atoms with Crippen LogP contribution in [0, 0.1) is 17.3 Å². The van der Waals surface area contributed by atoms with E-state index in [1.807, 2.05) is 18.5 Å². The second-order valence-corrected chi connectivity index (χ2v) is 9.40. The second kappa shape index (κ2) is 7.32. The van der Waals surface area contributed by atoms with Crippen LogP contribution in [-0.4, -0.2) is 59.7 Å². The lowest BCUT2D eigenvalue weighted by molar-refractivity contribution is -0.0767. The molecular formula is C22H35N5. The van der Waals surface area contributed by atoms with Gasteiger partial charge in [-0.15, -0.1) is 0 Å². The first-order valence-electron chi connectivity index (χ1n) is 11.3. The summed E-state index contributed by atoms with van der Waals surface area (Å²) in [7, 11) is 0. The number of anilines is 1. The molecule has 0 amide bonds. The van der Waals surface area contributed by atoms with E-state index in [0.29, 0.717) is 11.5 Å². The monoisotopic (exact) mass is 369 g/mol. The fourth-order valence-corrected chi connectivity index (χ4v) is 6.91. The second-order valence-electron chi connectivity index (χ2n) is 9.40. The van der Waals surface area contributed by atoms with Crippen LogP contribution in [0.5, 0.6) is 0 Å². The Bertz CT molecular complexity index is 621. The van der Waals surface area contributed by atoms with Crippen molar-refractivity contribution in [1.82, 2.24) is 20.2 Å². The van der Waals surface area contributed by atoms with Crippen LogP contribution in [0.15, 0.2) is 18.5 Å². The molecule has 1 N–H and O–H groups in total. The molecule has 5 nitrogen and oxygen atoms in total. The lowest BCUT2D eigenvalue weighted by Crippen LogP contribution is -2.61. The zero-order valence-corrected chi connectivity index (χ0v) is 16.8. The van der Waals surface area contributed by atoms with Crippen molar-refractivity contribution in [3.63, 3.8) is 0 Å². The predicted octanol–water partition coefficient (Wildman–Crippen LogP) is 2.94. The number of likely N-dealkylation sites (tertiary alicyclic amines) is 1. The number of aromatic nitrogens is 2. The molecule has 4 heterocycles. The Morgan fingerprint density at radius 3 is 2.63 bits per heavy atom. The Morgan fingerprint density at radius 1 is 1.11 bits per heavy atom. The van der Waals surface area contributed by atoms with Gasteiger partial charge in [0, 0.05) is 37.6 Å². The van der Waals surface area contributed by atoms with E-state index in [1.54, 1.807) is 0 Å². The molecule has 3 aliphatic heterocycles. The minimum atomic E-state index is 0.642. The van der Waals surface area contributed by atoms with E-state index in [1.165, 1.54) is 71.1 Å². The van der Waals surface area contributed by atoms with Gasteiger partial charge in [0.25, 0.3) is 0 Å². The molecule has 4 aliphatic rings. The molecule has 4 fully saturated rings. The number of hydrogen-bond donors (Lipinski definition) is 1. The predicted molar refractivity (Wildman–Crippen MR) is 109 cm³/mol. The van der Waals surface area contributed by atoms with Crippen molar-refractivity contribution in [3.05, 3.63) is 18.5 Å². The Kier molecular flexibility index (Phi) is 4.85. The summed E-state index contributed by atoms with van der Waals surface area (Å²) in [5.41, 5.74) is 0.642. The quantitative estimate of drug-likeness (QED) is 0.884. The zero-order chi connectivity index (χ0) is 18.3. The summed E-state index contributed by atoms with van der Waals surface area (Å²) in [4.78, 5) is 14.4. The van der Waals surface area contributed by atoms with Gasteiger partial charge in [0.1, 0.15) is 0 Å². The minimum absolute atomic E-state index is 0.642. The SMILES string of the molecule is CCC1C(N2CCC([C@@H]3CCCN3c3ncccn3)CC2)CC12CCNC2. The molecule has 0 radical (unpaired) electrons. The van der Waals surface area contributed by atoms with Crippen molar-refractivity contribution in [3.8, 4) is 0 Å². The van der Waals surface area contributed by atoms with Crippen molar-refractivity contribution in [2.75, 3.05) is 37.6 Å². The van der Waals surface area contributed by atoms with E-state index < -0.39 is 0 Å². The maximum atomic E-state index is 4.53. The average molecular weight is 370 g/mol. The summed E-state index contributed by atoms with van der Waals surface area (Å²) >= 11 is 0. The largest absolute Gasteiger partial charge is 0.338 e. The lowest BCUT2D eigenvalue weighted by atomic mass is 9.54. The van der Waals surface area contributed by atoms with E-state index in [4.69, 9.17) is 0 Å². The zero-order valence-electron chi connectivity index (χ0n) is 16.8. The van der Waals surface area contributed by atoms with Crippen molar-refractivity contribution in [1.29, 1.82) is 0 Å². The molecule has 4 atom stereocenters. The Morgan fingerprint density at radius 2 is 1.93 bits per heavy atom. The van der Waals surface area contributed by atoms with Crippen LogP contribution in [0.3, 0.4) is 0 Å². The summed E-state index contributed by atoms with van der Waals surface area (Å²) in [6.07, 6.45) is 13.3. The third-order valence-electron chi connectivity index (χ3n) is 8.28. The van der Waals surface area contributed by atoms with Gasteiger partial charge in [-0.3, -0.25) is 0 Å². The molecule has 5 rings (SSSR count). The van der Waals surface area contributed by atoms with Crippen molar-refractivity contribution < 1.29 is 0 Å². The molecule has 0 bridgehead atoms. The first-order chi connectivity index (χ1) is 13.3. The summed E-state index contributed by atoms with van der Waals surface area (Å²) in [6, 6.07) is 3.43. The standard InChI is InChI=1S/C22H35N5/c1-2-18-20(15-22(18)8-11-23-16-22)26-13-6-17(7-14-26)19-5-3-12-27(19)21-24-9-4-10-25-21/h4,9-10,17-20,23H,2-3,5-8,11-16H2,1H3/t18?,19-,20?,22?/m0/s1. The van der Waals surface area contributed by atoms with E-state index in [2.05, 4.69) is 32.0 Å². The van der Waals surface area contributed by atoms with E-state index >= 15 is 0 Å². The first-order valence-corrected chi connectivity index (χ1v) is 11.3. The number of hydrogen-bond acceptors (Lipinski definition) is 5. The van der Waals surface area contributed by atoms with Crippen LogP contribution in [0.4, 0.5) is 5.95 Å². The van der Waals surface area contributed by atoms with Crippen LogP contribution >= 0.6 is 0 Å². The molecular weight excluding hydrogens is 334 g/mol. The van der Waals surface area contributed by atoms with Crippen molar-refractivity contribution in [2.45, 2.75) is 64.0 Å². The molecule has 3 unspecified atom stereocenters. The van der Waals surface area contributed by atoms with Gasteiger partial charge in [-0.1, -0.05) is 13.3 Å². The molecule has 5 heteroatoms. The normalized spacial score (nSPS) is 37.8. The number of nitrogens with one attached hydrogen (secondary N) is 1. The topological polar surface area (TPSA) is 44.3 Å². The van der Waals surface area contributed by atoms with E-state index in [0.717, 1.165) is 30.4 Å². The van der Waals surface area contributed by atoms with Crippen LogP contribution in [0.25, 0.3) is 0 Å². The average Bonchev–Trinajstić information content (AvgIpc) is 3.38. The number of piperidine rings is 1. The Hall–Kier alpha value is -1.20. The van der Waals surface area contributed by atoms with Gasteiger partial charge in [0.15, 0.2) is 0 Å². The maximum Gasteiger partial charge on any atom is 0.225 e. The fraction of sp³-hybridized carbons (Fsp3) is 0.818. The fourth-order valence-electron chi connectivity index (χ4n) is 6.91. The Labute approximate surface area is 163 Å². The number of rotatable bonds is 4. The summed E-state index contributed by atoms with van der Waals surface area (Å²) in [5.74, 6) is 2.68. The molecule has 1 spiro atoms. The Balaban J connectivity index is 1.19. The van der Waals surface area contributed by atoms with E-state index in [-0.39, 0.29) is 0 Å². The highest BCUT2D eigenvalue weighted by Gasteiger charge is 2.55. The smallest absolute Gasteiger partial charge is 0.225 e. The molecule has 3 saturated heterocycles. The van der Waals surface area contributed by atoms with Gasteiger partial charge < -0.3 is 15.1 Å². The van der Waals surface area contributed by atoms with Crippen LogP contribution in [-0.2, 0) is 0 Å². The van der Waals surface area contributed by atoms with Gasteiger partial charge in [-0.05, 0) is 81.5 Å². The van der Waals surface area contributed by atoms with Gasteiger partial charge >= 0.3 is 0 Å². The van der Waals surface area contributed by atoms with Crippen LogP contribution in [0.2, 0.25) is 0 Å². The highest BCUT2D eigenvalue weighted by Crippen LogP contribution is 2.54. The first kappa shape index (κ1) is 17.9. The van der Waals surface area contributed by atoms with Crippen LogP contribution in [0.1, 0.15) is 51.9 Å². The summed E-state index contributed by atoms with van der Waals surface area (Å²) < 4.78 is 0. The highest BCUT2D eigenvalue weighted by atomic mass is 15.3. The minimum Gasteiger partial charge on any atom is -0.338 e. The molecule has 27 heavy (non-hydrogen) atoms. The van der Waals surface area contributed by atoms with Gasteiger partial charge in [0.05, 0.1) is 0 Å². The number of nitrogens with zero attached hydrogens (tertiary/aromatic N) is 4. The molecule has 1 aromatic rings. The van der Waals surface area contributed by atoms with Gasteiger partial charge in [-0.25, -0.2) is 9.97 Å². The molecule has 1 saturated carbocycles. The van der Waals surface area contributed by atoms with E-state index in [9.17, 15) is 0 Å². The third kappa shape index (κ3) is 3.07. The van der Waals surface area contributed by atoms with Crippen molar-refractivity contribution >= 4 is 5.95 Å². The lowest BCUT2D eigenvalue weighted by Gasteiger charge is -2.58. The molecule has 1 aliphatic carbocycles. The highest BCUT2D eigenvalue weighted by molar-refractivity contribution is 5.33.